The second-order valence-corrected chi connectivity index (χ2v) is 6.27. The maximum atomic E-state index is 12.7. The summed E-state index contributed by atoms with van der Waals surface area (Å²) >= 11 is 3.41. The highest BCUT2D eigenvalue weighted by molar-refractivity contribution is 9.10. The van der Waals surface area contributed by atoms with Gasteiger partial charge in [0.1, 0.15) is 0 Å². The molecule has 6 heteroatoms. The van der Waals surface area contributed by atoms with E-state index in [2.05, 4.69) is 35.1 Å². The van der Waals surface area contributed by atoms with Crippen LogP contribution >= 0.6 is 15.9 Å². The van der Waals surface area contributed by atoms with Gasteiger partial charge in [-0.15, -0.1) is 0 Å². The molecular weight excluding hydrogens is 342 g/mol. The second-order valence-electron chi connectivity index (χ2n) is 5.36. The predicted octanol–water partition coefficient (Wildman–Crippen LogP) is 3.26. The van der Waals surface area contributed by atoms with Gasteiger partial charge < -0.3 is 15.3 Å². The molecular formula is C15H23BrF2N2O. The van der Waals surface area contributed by atoms with Gasteiger partial charge >= 0.3 is 0 Å². The topological polar surface area (TPSA) is 35.5 Å². The summed E-state index contributed by atoms with van der Waals surface area (Å²) in [5, 5.41) is 12.4. The Kier molecular flexibility index (Phi) is 8.14. The minimum absolute atomic E-state index is 0.151. The standard InChI is InChI=1S/C15H23BrF2N2O/c1-11(2)8-19-9-12-7-13(16)3-4-14(12)20(5-6-21)10-15(17)18/h3-4,7,11,15,19,21H,5-6,8-10H2,1-2H3. The van der Waals surface area contributed by atoms with Crippen molar-refractivity contribution in [3.05, 3.63) is 28.2 Å². The van der Waals surface area contributed by atoms with Gasteiger partial charge in [0.25, 0.3) is 6.43 Å². The molecule has 21 heavy (non-hydrogen) atoms. The van der Waals surface area contributed by atoms with Gasteiger partial charge in [0.15, 0.2) is 0 Å². The third-order valence-corrected chi connectivity index (χ3v) is 3.47. The van der Waals surface area contributed by atoms with Crippen LogP contribution in [0.15, 0.2) is 22.7 Å². The summed E-state index contributed by atoms with van der Waals surface area (Å²) < 4.78 is 26.3. The smallest absolute Gasteiger partial charge is 0.255 e. The first-order chi connectivity index (χ1) is 9.93. The zero-order chi connectivity index (χ0) is 15.8. The Morgan fingerprint density at radius 2 is 2.05 bits per heavy atom. The molecule has 3 nitrogen and oxygen atoms in total. The third kappa shape index (κ3) is 6.72. The van der Waals surface area contributed by atoms with Crippen molar-refractivity contribution in [2.75, 3.05) is 31.1 Å². The average Bonchev–Trinajstić information content (AvgIpc) is 2.37. The number of benzene rings is 1. The molecule has 0 fully saturated rings. The Balaban J connectivity index is 2.91. The molecule has 0 bridgehead atoms. The van der Waals surface area contributed by atoms with Gasteiger partial charge in [-0.1, -0.05) is 29.8 Å². The molecule has 0 spiro atoms. The van der Waals surface area contributed by atoms with Gasteiger partial charge in [0.05, 0.1) is 13.2 Å². The quantitative estimate of drug-likeness (QED) is 0.705. The van der Waals surface area contributed by atoms with E-state index in [1.165, 1.54) is 4.90 Å². The normalized spacial score (nSPS) is 11.4. The lowest BCUT2D eigenvalue weighted by atomic mass is 10.1. The molecule has 0 radical (unpaired) electrons. The van der Waals surface area contributed by atoms with Crippen LogP contribution in [0.3, 0.4) is 0 Å². The SMILES string of the molecule is CC(C)CNCc1cc(Br)ccc1N(CCO)CC(F)F. The van der Waals surface area contributed by atoms with Crippen molar-refractivity contribution in [1.82, 2.24) is 5.32 Å². The van der Waals surface area contributed by atoms with Gasteiger partial charge in [-0.05, 0) is 36.2 Å². The van der Waals surface area contributed by atoms with Crippen molar-refractivity contribution in [3.8, 4) is 0 Å². The lowest BCUT2D eigenvalue weighted by Gasteiger charge is -2.26. The van der Waals surface area contributed by atoms with E-state index in [1.807, 2.05) is 18.2 Å². The average molecular weight is 365 g/mol. The fourth-order valence-electron chi connectivity index (χ4n) is 2.10. The lowest BCUT2D eigenvalue weighted by Crippen LogP contribution is -2.33. The van der Waals surface area contributed by atoms with Crippen LogP contribution < -0.4 is 10.2 Å². The molecule has 2 N–H and O–H groups in total. The molecule has 0 heterocycles. The van der Waals surface area contributed by atoms with Crippen molar-refractivity contribution >= 4 is 21.6 Å². The Bertz CT molecular complexity index is 430. The molecule has 1 aromatic rings. The van der Waals surface area contributed by atoms with E-state index in [0.717, 1.165) is 22.3 Å². The van der Waals surface area contributed by atoms with Gasteiger partial charge in [-0.2, -0.15) is 0 Å². The van der Waals surface area contributed by atoms with E-state index in [9.17, 15) is 8.78 Å². The Morgan fingerprint density at radius 1 is 1.33 bits per heavy atom. The molecule has 0 saturated heterocycles. The first-order valence-electron chi connectivity index (χ1n) is 7.07. The van der Waals surface area contributed by atoms with Crippen LogP contribution in [0.1, 0.15) is 19.4 Å². The van der Waals surface area contributed by atoms with E-state index < -0.39 is 6.43 Å². The largest absolute Gasteiger partial charge is 0.395 e. The summed E-state index contributed by atoms with van der Waals surface area (Å²) in [5.74, 6) is 0.523. The molecule has 0 amide bonds. The number of alkyl halides is 2. The lowest BCUT2D eigenvalue weighted by molar-refractivity contribution is 0.152. The minimum Gasteiger partial charge on any atom is -0.395 e. The number of nitrogens with one attached hydrogen (secondary N) is 1. The number of hydrogen-bond acceptors (Lipinski definition) is 3. The molecule has 0 aliphatic heterocycles. The fourth-order valence-corrected chi connectivity index (χ4v) is 2.51. The number of anilines is 1. The first-order valence-corrected chi connectivity index (χ1v) is 7.86. The number of halogens is 3. The van der Waals surface area contributed by atoms with E-state index in [4.69, 9.17) is 5.11 Å². The van der Waals surface area contributed by atoms with Crippen molar-refractivity contribution in [3.63, 3.8) is 0 Å². The summed E-state index contributed by atoms with van der Waals surface area (Å²) in [6, 6.07) is 5.57. The molecule has 120 valence electrons. The predicted molar refractivity (Wildman–Crippen MR) is 86.0 cm³/mol. The summed E-state index contributed by atoms with van der Waals surface area (Å²) in [7, 11) is 0. The molecule has 0 atom stereocenters. The number of hydrogen-bond donors (Lipinski definition) is 2. The fraction of sp³-hybridized carbons (Fsp3) is 0.600. The van der Waals surface area contributed by atoms with Crippen LogP contribution in [0.25, 0.3) is 0 Å². The van der Waals surface area contributed by atoms with Crippen LogP contribution in [0, 0.1) is 5.92 Å². The molecule has 1 aromatic carbocycles. The highest BCUT2D eigenvalue weighted by Gasteiger charge is 2.16. The van der Waals surface area contributed by atoms with E-state index >= 15 is 0 Å². The van der Waals surface area contributed by atoms with E-state index in [0.29, 0.717) is 12.5 Å². The van der Waals surface area contributed by atoms with Crippen LogP contribution in [0.2, 0.25) is 0 Å². The molecule has 0 saturated carbocycles. The van der Waals surface area contributed by atoms with Gasteiger partial charge in [-0.3, -0.25) is 0 Å². The molecule has 0 unspecified atom stereocenters. The monoisotopic (exact) mass is 364 g/mol. The van der Waals surface area contributed by atoms with Gasteiger partial charge in [0, 0.05) is 23.2 Å². The number of aliphatic hydroxyl groups is 1. The third-order valence-electron chi connectivity index (χ3n) is 2.98. The van der Waals surface area contributed by atoms with Crippen LogP contribution in [0.5, 0.6) is 0 Å². The highest BCUT2D eigenvalue weighted by atomic mass is 79.9. The van der Waals surface area contributed by atoms with E-state index in [1.54, 1.807) is 0 Å². The minimum atomic E-state index is -2.43. The van der Waals surface area contributed by atoms with Crippen LogP contribution in [-0.4, -0.2) is 37.8 Å². The summed E-state index contributed by atoms with van der Waals surface area (Å²) in [5.41, 5.74) is 1.68. The Hall–Kier alpha value is -0.720. The van der Waals surface area contributed by atoms with Crippen molar-refractivity contribution < 1.29 is 13.9 Å². The van der Waals surface area contributed by atoms with Gasteiger partial charge in [-0.25, -0.2) is 8.78 Å². The van der Waals surface area contributed by atoms with Crippen LogP contribution in [0.4, 0.5) is 14.5 Å². The summed E-state index contributed by atoms with van der Waals surface area (Å²) in [6.07, 6.45) is -2.43. The second kappa shape index (κ2) is 9.33. The molecule has 1 rings (SSSR count). The van der Waals surface area contributed by atoms with Crippen molar-refractivity contribution in [2.24, 2.45) is 5.92 Å². The van der Waals surface area contributed by atoms with Crippen LogP contribution in [-0.2, 0) is 6.54 Å². The maximum Gasteiger partial charge on any atom is 0.255 e. The number of nitrogens with zero attached hydrogens (tertiary/aromatic N) is 1. The Labute approximate surface area is 133 Å². The number of rotatable bonds is 9. The summed E-state index contributed by atoms with van der Waals surface area (Å²) in [6.45, 7) is 5.37. The van der Waals surface area contributed by atoms with E-state index in [-0.39, 0.29) is 19.7 Å². The maximum absolute atomic E-state index is 12.7. The Morgan fingerprint density at radius 3 is 2.62 bits per heavy atom. The zero-order valence-electron chi connectivity index (χ0n) is 12.5. The molecule has 0 aliphatic rings. The zero-order valence-corrected chi connectivity index (χ0v) is 14.0. The van der Waals surface area contributed by atoms with Gasteiger partial charge in [0.2, 0.25) is 0 Å². The first kappa shape index (κ1) is 18.3. The number of aliphatic hydroxyl groups excluding tert-OH is 1. The summed E-state index contributed by atoms with van der Waals surface area (Å²) in [4.78, 5) is 1.53. The molecule has 0 aromatic heterocycles. The highest BCUT2D eigenvalue weighted by Crippen LogP contribution is 2.25. The molecule has 0 aliphatic carbocycles. The van der Waals surface area contributed by atoms with Crippen molar-refractivity contribution in [1.29, 1.82) is 0 Å². The van der Waals surface area contributed by atoms with Crippen molar-refractivity contribution in [2.45, 2.75) is 26.8 Å².